The molecule has 1 heterocycles. The third kappa shape index (κ3) is 3.98. The van der Waals surface area contributed by atoms with E-state index in [4.69, 9.17) is 5.73 Å². The molecule has 0 saturated heterocycles. The minimum Gasteiger partial charge on any atom is -0.356 e. The van der Waals surface area contributed by atoms with Crippen LogP contribution in [0.25, 0.3) is 0 Å². The van der Waals surface area contributed by atoms with Crippen LogP contribution in [-0.2, 0) is 0 Å². The number of amides is 1. The Morgan fingerprint density at radius 2 is 2.44 bits per heavy atom. The Morgan fingerprint density at radius 3 is 2.94 bits per heavy atom. The van der Waals surface area contributed by atoms with E-state index in [9.17, 15) is 4.79 Å². The predicted octanol–water partition coefficient (Wildman–Crippen LogP) is 2.02. The summed E-state index contributed by atoms with van der Waals surface area (Å²) < 4.78 is 0.871. The molecule has 4 N–H and O–H groups in total. The Labute approximate surface area is 104 Å². The Hall–Kier alpha value is -0.810. The summed E-state index contributed by atoms with van der Waals surface area (Å²) in [5.41, 5.74) is 6.17. The number of nitrogens with two attached hydrogens (primary N) is 1. The van der Waals surface area contributed by atoms with E-state index in [1.165, 1.54) is 0 Å². The lowest BCUT2D eigenvalue weighted by molar-refractivity contribution is 0.0931. The number of rotatable bonds is 6. The number of unbranched alkanes of at least 4 members (excludes halogenated alkanes) is 1. The van der Waals surface area contributed by atoms with Crippen molar-refractivity contribution in [2.45, 2.75) is 32.2 Å². The molecule has 4 nitrogen and oxygen atoms in total. The number of hydrogen-bond donors (Lipinski definition) is 3. The molecule has 5 heteroatoms. The quantitative estimate of drug-likeness (QED) is 0.749. The molecule has 1 aromatic heterocycles. The van der Waals surface area contributed by atoms with Crippen LogP contribution in [0.15, 0.2) is 16.7 Å². The van der Waals surface area contributed by atoms with Crippen LogP contribution in [0.2, 0.25) is 0 Å². The van der Waals surface area contributed by atoms with Gasteiger partial charge in [0.1, 0.15) is 5.69 Å². The van der Waals surface area contributed by atoms with E-state index in [0.29, 0.717) is 12.2 Å². The normalized spacial score (nSPS) is 12.4. The van der Waals surface area contributed by atoms with Gasteiger partial charge in [0.2, 0.25) is 0 Å². The predicted molar refractivity (Wildman–Crippen MR) is 68.3 cm³/mol. The monoisotopic (exact) mass is 287 g/mol. The number of carbonyl (C=O) groups is 1. The zero-order valence-corrected chi connectivity index (χ0v) is 11.0. The van der Waals surface area contributed by atoms with Crippen LogP contribution in [0.5, 0.6) is 0 Å². The first-order valence-electron chi connectivity index (χ1n) is 5.52. The molecule has 0 radical (unpaired) electrons. The van der Waals surface area contributed by atoms with Crippen molar-refractivity contribution in [3.63, 3.8) is 0 Å². The number of hydrogen-bond acceptors (Lipinski definition) is 2. The van der Waals surface area contributed by atoms with Gasteiger partial charge in [-0.15, -0.1) is 0 Å². The van der Waals surface area contributed by atoms with Crippen molar-refractivity contribution in [2.75, 3.05) is 6.54 Å². The Kier molecular flexibility index (Phi) is 5.55. The van der Waals surface area contributed by atoms with E-state index in [0.717, 1.165) is 23.7 Å². The molecule has 0 aromatic carbocycles. The van der Waals surface area contributed by atoms with Crippen molar-refractivity contribution in [3.05, 3.63) is 22.4 Å². The first-order valence-corrected chi connectivity index (χ1v) is 6.31. The second-order valence-corrected chi connectivity index (χ2v) is 4.70. The number of halogens is 1. The summed E-state index contributed by atoms with van der Waals surface area (Å²) in [7, 11) is 0. The van der Waals surface area contributed by atoms with E-state index in [1.54, 1.807) is 12.3 Å². The fraction of sp³-hybridized carbons (Fsp3) is 0.545. The van der Waals surface area contributed by atoms with Gasteiger partial charge in [-0.2, -0.15) is 0 Å². The SMILES string of the molecule is CCCCC(CN)NC(=O)c1cc(Br)c[nH]1. The smallest absolute Gasteiger partial charge is 0.267 e. The minimum absolute atomic E-state index is 0.0644. The van der Waals surface area contributed by atoms with Crippen LogP contribution in [0.4, 0.5) is 0 Å². The third-order valence-corrected chi connectivity index (χ3v) is 2.88. The molecular weight excluding hydrogens is 270 g/mol. The summed E-state index contributed by atoms with van der Waals surface area (Å²) in [4.78, 5) is 14.7. The van der Waals surface area contributed by atoms with Gasteiger partial charge in [0, 0.05) is 23.3 Å². The van der Waals surface area contributed by atoms with E-state index in [-0.39, 0.29) is 11.9 Å². The van der Waals surface area contributed by atoms with Gasteiger partial charge >= 0.3 is 0 Å². The molecular formula is C11H18BrN3O. The highest BCUT2D eigenvalue weighted by Gasteiger charge is 2.13. The van der Waals surface area contributed by atoms with Crippen LogP contribution < -0.4 is 11.1 Å². The number of H-pyrrole nitrogens is 1. The molecule has 0 aliphatic heterocycles. The van der Waals surface area contributed by atoms with Gasteiger partial charge in [-0.05, 0) is 28.4 Å². The molecule has 0 spiro atoms. The van der Waals surface area contributed by atoms with Crippen LogP contribution in [-0.4, -0.2) is 23.5 Å². The first kappa shape index (κ1) is 13.3. The van der Waals surface area contributed by atoms with Crippen molar-refractivity contribution < 1.29 is 4.79 Å². The lowest BCUT2D eigenvalue weighted by Gasteiger charge is -2.15. The van der Waals surface area contributed by atoms with E-state index in [1.807, 2.05) is 0 Å². The van der Waals surface area contributed by atoms with Crippen LogP contribution in [0, 0.1) is 0 Å². The van der Waals surface area contributed by atoms with Gasteiger partial charge in [-0.1, -0.05) is 19.8 Å². The average Bonchev–Trinajstić information content (AvgIpc) is 2.70. The maximum absolute atomic E-state index is 11.8. The highest BCUT2D eigenvalue weighted by molar-refractivity contribution is 9.10. The van der Waals surface area contributed by atoms with Crippen LogP contribution in [0.3, 0.4) is 0 Å². The molecule has 0 saturated carbocycles. The highest BCUT2D eigenvalue weighted by atomic mass is 79.9. The number of aromatic nitrogens is 1. The summed E-state index contributed by atoms with van der Waals surface area (Å²) in [6.07, 6.45) is 4.86. The number of carbonyl (C=O) groups excluding carboxylic acids is 1. The first-order chi connectivity index (χ1) is 7.67. The summed E-state index contributed by atoms with van der Waals surface area (Å²) in [5, 5.41) is 2.92. The molecule has 0 aliphatic rings. The lowest BCUT2D eigenvalue weighted by atomic mass is 10.1. The molecule has 90 valence electrons. The Morgan fingerprint density at radius 1 is 1.69 bits per heavy atom. The largest absolute Gasteiger partial charge is 0.356 e. The van der Waals surface area contributed by atoms with Gasteiger partial charge in [0.15, 0.2) is 0 Å². The molecule has 1 unspecified atom stereocenters. The molecule has 16 heavy (non-hydrogen) atoms. The van der Waals surface area contributed by atoms with Gasteiger partial charge < -0.3 is 16.0 Å². The zero-order chi connectivity index (χ0) is 12.0. The molecule has 0 bridgehead atoms. The van der Waals surface area contributed by atoms with Gasteiger partial charge in [0.05, 0.1) is 0 Å². The summed E-state index contributed by atoms with van der Waals surface area (Å²) in [6, 6.07) is 1.82. The maximum atomic E-state index is 11.8. The van der Waals surface area contributed by atoms with Crippen LogP contribution >= 0.6 is 15.9 Å². The molecule has 0 aliphatic carbocycles. The lowest BCUT2D eigenvalue weighted by Crippen LogP contribution is -2.40. The van der Waals surface area contributed by atoms with Gasteiger partial charge in [-0.25, -0.2) is 0 Å². The molecule has 1 rings (SSSR count). The maximum Gasteiger partial charge on any atom is 0.267 e. The second kappa shape index (κ2) is 6.70. The van der Waals surface area contributed by atoms with Crippen molar-refractivity contribution in [1.82, 2.24) is 10.3 Å². The number of aromatic amines is 1. The topological polar surface area (TPSA) is 70.9 Å². The highest BCUT2D eigenvalue weighted by Crippen LogP contribution is 2.10. The molecule has 1 aromatic rings. The fourth-order valence-electron chi connectivity index (χ4n) is 1.46. The van der Waals surface area contributed by atoms with Crippen LogP contribution in [0.1, 0.15) is 36.7 Å². The fourth-order valence-corrected chi connectivity index (χ4v) is 1.81. The second-order valence-electron chi connectivity index (χ2n) is 3.78. The van der Waals surface area contributed by atoms with E-state index >= 15 is 0 Å². The molecule has 1 amide bonds. The molecule has 0 fully saturated rings. The minimum atomic E-state index is -0.0998. The molecule has 1 atom stereocenters. The number of nitrogens with one attached hydrogen (secondary N) is 2. The van der Waals surface area contributed by atoms with E-state index in [2.05, 4.69) is 33.2 Å². The van der Waals surface area contributed by atoms with Gasteiger partial charge in [0.25, 0.3) is 5.91 Å². The van der Waals surface area contributed by atoms with Crippen molar-refractivity contribution in [2.24, 2.45) is 5.73 Å². The van der Waals surface area contributed by atoms with Crippen molar-refractivity contribution >= 4 is 21.8 Å². The van der Waals surface area contributed by atoms with Crippen molar-refractivity contribution in [3.8, 4) is 0 Å². The zero-order valence-electron chi connectivity index (χ0n) is 9.42. The summed E-state index contributed by atoms with van der Waals surface area (Å²) in [6.45, 7) is 2.60. The summed E-state index contributed by atoms with van der Waals surface area (Å²) >= 11 is 3.29. The standard InChI is InChI=1S/C11H18BrN3O/c1-2-3-4-9(6-13)15-11(16)10-5-8(12)7-14-10/h5,7,9,14H,2-4,6,13H2,1H3,(H,15,16). The Bertz CT molecular complexity index is 338. The van der Waals surface area contributed by atoms with Gasteiger partial charge in [-0.3, -0.25) is 4.79 Å². The van der Waals surface area contributed by atoms with Crippen molar-refractivity contribution in [1.29, 1.82) is 0 Å². The average molecular weight is 288 g/mol. The van der Waals surface area contributed by atoms with E-state index < -0.39 is 0 Å². The Balaban J connectivity index is 2.48. The third-order valence-electron chi connectivity index (χ3n) is 2.42. The summed E-state index contributed by atoms with van der Waals surface area (Å²) in [5.74, 6) is -0.0998.